The van der Waals surface area contributed by atoms with Crippen molar-refractivity contribution < 1.29 is 13.2 Å². The summed E-state index contributed by atoms with van der Waals surface area (Å²) in [6, 6.07) is 9.65. The van der Waals surface area contributed by atoms with Crippen molar-refractivity contribution in [2.45, 2.75) is 42.7 Å². The van der Waals surface area contributed by atoms with Crippen LogP contribution in [0.3, 0.4) is 0 Å². The third kappa shape index (κ3) is 4.02. The Balaban J connectivity index is 1.72. The molecule has 0 atom stereocenters. The summed E-state index contributed by atoms with van der Waals surface area (Å²) < 4.78 is 26.5. The fourth-order valence-corrected chi connectivity index (χ4v) is 4.34. The highest BCUT2D eigenvalue weighted by molar-refractivity contribution is 7.89. The SMILES string of the molecule is CN(Cc1ccn[nH]1)S(=O)(=O)c1ccc(C(=O)NC2(C#N)CCCC2)cc1. The highest BCUT2D eigenvalue weighted by Crippen LogP contribution is 2.29. The van der Waals surface area contributed by atoms with Crippen LogP contribution in [0, 0.1) is 11.3 Å². The molecule has 1 aliphatic rings. The Morgan fingerprint density at radius 3 is 2.52 bits per heavy atom. The summed E-state index contributed by atoms with van der Waals surface area (Å²) in [6.07, 6.45) is 4.66. The molecule has 1 heterocycles. The Labute approximate surface area is 158 Å². The van der Waals surface area contributed by atoms with Crippen LogP contribution < -0.4 is 5.32 Å². The lowest BCUT2D eigenvalue weighted by Crippen LogP contribution is -2.45. The highest BCUT2D eigenvalue weighted by atomic mass is 32.2. The van der Waals surface area contributed by atoms with Crippen molar-refractivity contribution >= 4 is 15.9 Å². The van der Waals surface area contributed by atoms with Crippen molar-refractivity contribution in [3.8, 4) is 6.07 Å². The van der Waals surface area contributed by atoms with Gasteiger partial charge in [0.2, 0.25) is 10.0 Å². The molecule has 0 spiro atoms. The van der Waals surface area contributed by atoms with Gasteiger partial charge in [0.15, 0.2) is 0 Å². The maximum absolute atomic E-state index is 12.7. The van der Waals surface area contributed by atoms with Crippen LogP contribution in [0.4, 0.5) is 0 Å². The van der Waals surface area contributed by atoms with Crippen LogP contribution in [-0.2, 0) is 16.6 Å². The zero-order valence-corrected chi connectivity index (χ0v) is 15.8. The summed E-state index contributed by atoms with van der Waals surface area (Å²) in [7, 11) is -2.22. The first-order valence-electron chi connectivity index (χ1n) is 8.65. The van der Waals surface area contributed by atoms with Gasteiger partial charge in [-0.3, -0.25) is 9.89 Å². The Bertz CT molecular complexity index is 940. The number of sulfonamides is 1. The molecule has 0 bridgehead atoms. The van der Waals surface area contributed by atoms with Crippen molar-refractivity contribution in [2.75, 3.05) is 7.05 Å². The van der Waals surface area contributed by atoms with Gasteiger partial charge in [0, 0.05) is 18.8 Å². The lowest BCUT2D eigenvalue weighted by atomic mass is 9.99. The highest BCUT2D eigenvalue weighted by Gasteiger charge is 2.35. The summed E-state index contributed by atoms with van der Waals surface area (Å²) in [5, 5.41) is 18.7. The zero-order chi connectivity index (χ0) is 19.5. The fourth-order valence-electron chi connectivity index (χ4n) is 3.19. The summed E-state index contributed by atoms with van der Waals surface area (Å²) in [5.41, 5.74) is 0.189. The van der Waals surface area contributed by atoms with Gasteiger partial charge in [-0.05, 0) is 56.0 Å². The maximum atomic E-state index is 12.7. The number of carbonyl (C=O) groups is 1. The predicted octanol–water partition coefficient (Wildman–Crippen LogP) is 1.80. The first-order valence-corrected chi connectivity index (χ1v) is 10.1. The van der Waals surface area contributed by atoms with E-state index in [-0.39, 0.29) is 17.3 Å². The van der Waals surface area contributed by atoms with Crippen molar-refractivity contribution in [3.05, 3.63) is 47.8 Å². The molecule has 8 nitrogen and oxygen atoms in total. The number of carbonyl (C=O) groups excluding carboxylic acids is 1. The molecule has 3 rings (SSSR count). The van der Waals surface area contributed by atoms with Gasteiger partial charge in [0.1, 0.15) is 5.54 Å². The van der Waals surface area contributed by atoms with Gasteiger partial charge in [-0.15, -0.1) is 0 Å². The molecule has 0 unspecified atom stereocenters. The number of amides is 1. The van der Waals surface area contributed by atoms with E-state index in [1.807, 2.05) is 0 Å². The van der Waals surface area contributed by atoms with Gasteiger partial charge in [-0.25, -0.2) is 8.42 Å². The average molecular weight is 387 g/mol. The molecule has 1 aliphatic carbocycles. The monoisotopic (exact) mass is 387 g/mol. The molecule has 142 valence electrons. The van der Waals surface area contributed by atoms with Gasteiger partial charge in [-0.2, -0.15) is 14.7 Å². The van der Waals surface area contributed by atoms with E-state index in [0.717, 1.165) is 12.8 Å². The standard InChI is InChI=1S/C18H21N5O3S/c1-23(12-15-8-11-20-22-15)27(25,26)16-6-4-14(5-7-16)17(24)21-18(13-19)9-2-3-10-18/h4-8,11H,2-3,9-10,12H2,1H3,(H,20,22)(H,21,24). The van der Waals surface area contributed by atoms with Crippen LogP contribution in [0.5, 0.6) is 0 Å². The second-order valence-corrected chi connectivity index (χ2v) is 8.77. The number of aromatic amines is 1. The molecule has 1 saturated carbocycles. The molecule has 1 amide bonds. The topological polar surface area (TPSA) is 119 Å². The largest absolute Gasteiger partial charge is 0.334 e. The summed E-state index contributed by atoms with van der Waals surface area (Å²) in [6.45, 7) is 0.162. The van der Waals surface area contributed by atoms with Gasteiger partial charge >= 0.3 is 0 Å². The number of H-pyrrole nitrogens is 1. The van der Waals surface area contributed by atoms with Crippen LogP contribution in [0.25, 0.3) is 0 Å². The smallest absolute Gasteiger partial charge is 0.252 e. The quantitative estimate of drug-likeness (QED) is 0.783. The summed E-state index contributed by atoms with van der Waals surface area (Å²) in [5.74, 6) is -0.367. The lowest BCUT2D eigenvalue weighted by Gasteiger charge is -2.22. The van der Waals surface area contributed by atoms with Crippen LogP contribution in [0.2, 0.25) is 0 Å². The number of nitrogens with zero attached hydrogens (tertiary/aromatic N) is 3. The van der Waals surface area contributed by atoms with Crippen molar-refractivity contribution in [2.24, 2.45) is 0 Å². The molecule has 0 radical (unpaired) electrons. The zero-order valence-electron chi connectivity index (χ0n) is 15.0. The van der Waals surface area contributed by atoms with E-state index < -0.39 is 15.6 Å². The van der Waals surface area contributed by atoms with Crippen molar-refractivity contribution in [1.29, 1.82) is 5.26 Å². The van der Waals surface area contributed by atoms with E-state index in [1.165, 1.54) is 35.6 Å². The second kappa shape index (κ2) is 7.50. The molecule has 1 aromatic heterocycles. The minimum Gasteiger partial charge on any atom is -0.334 e. The summed E-state index contributed by atoms with van der Waals surface area (Å²) in [4.78, 5) is 12.5. The number of hydrogen-bond acceptors (Lipinski definition) is 5. The van der Waals surface area contributed by atoms with E-state index in [4.69, 9.17) is 0 Å². The van der Waals surface area contributed by atoms with Gasteiger partial charge in [0.05, 0.1) is 23.2 Å². The van der Waals surface area contributed by atoms with E-state index in [1.54, 1.807) is 12.3 Å². The van der Waals surface area contributed by atoms with Crippen LogP contribution in [-0.4, -0.2) is 41.4 Å². The van der Waals surface area contributed by atoms with Gasteiger partial charge < -0.3 is 5.32 Å². The van der Waals surface area contributed by atoms with Crippen LogP contribution in [0.15, 0.2) is 41.4 Å². The number of nitriles is 1. The third-order valence-corrected chi connectivity index (χ3v) is 6.62. The average Bonchev–Trinajstić information content (AvgIpc) is 3.34. The Hall–Kier alpha value is -2.70. The number of rotatable bonds is 6. The lowest BCUT2D eigenvalue weighted by molar-refractivity contribution is 0.0920. The number of aromatic nitrogens is 2. The third-order valence-electron chi connectivity index (χ3n) is 4.80. The second-order valence-electron chi connectivity index (χ2n) is 6.72. The molecule has 2 aromatic rings. The Morgan fingerprint density at radius 1 is 1.30 bits per heavy atom. The Kier molecular flexibility index (Phi) is 5.30. The molecule has 0 aliphatic heterocycles. The molecule has 1 fully saturated rings. The minimum atomic E-state index is -3.70. The molecule has 2 N–H and O–H groups in total. The molecular weight excluding hydrogens is 366 g/mol. The van der Waals surface area contributed by atoms with E-state index in [0.29, 0.717) is 24.1 Å². The van der Waals surface area contributed by atoms with Crippen molar-refractivity contribution in [1.82, 2.24) is 19.8 Å². The van der Waals surface area contributed by atoms with E-state index in [2.05, 4.69) is 21.6 Å². The molecule has 27 heavy (non-hydrogen) atoms. The van der Waals surface area contributed by atoms with E-state index >= 15 is 0 Å². The minimum absolute atomic E-state index is 0.0944. The van der Waals surface area contributed by atoms with Crippen molar-refractivity contribution in [3.63, 3.8) is 0 Å². The van der Waals surface area contributed by atoms with Crippen LogP contribution in [0.1, 0.15) is 41.7 Å². The molecule has 0 saturated heterocycles. The predicted molar refractivity (Wildman–Crippen MR) is 98.0 cm³/mol. The van der Waals surface area contributed by atoms with Gasteiger partial charge in [0.25, 0.3) is 5.91 Å². The number of nitrogens with one attached hydrogen (secondary N) is 2. The maximum Gasteiger partial charge on any atom is 0.252 e. The first kappa shape index (κ1) is 19.1. The normalized spacial score (nSPS) is 16.2. The van der Waals surface area contributed by atoms with Crippen LogP contribution >= 0.6 is 0 Å². The van der Waals surface area contributed by atoms with E-state index in [9.17, 15) is 18.5 Å². The molecular formula is C18H21N5O3S. The molecule has 1 aromatic carbocycles. The Morgan fingerprint density at radius 2 is 1.96 bits per heavy atom. The number of hydrogen-bond donors (Lipinski definition) is 2. The first-order chi connectivity index (χ1) is 12.9. The number of benzene rings is 1. The fraction of sp³-hybridized carbons (Fsp3) is 0.389. The van der Waals surface area contributed by atoms with Gasteiger partial charge in [-0.1, -0.05) is 0 Å². The molecule has 9 heteroatoms. The summed E-state index contributed by atoms with van der Waals surface area (Å²) >= 11 is 0.